The number of hydrogen-bond acceptors (Lipinski definition) is 3. The molecule has 0 aromatic carbocycles. The maximum absolute atomic E-state index is 11.1. The second-order valence-corrected chi connectivity index (χ2v) is 4.02. The van der Waals surface area contributed by atoms with Crippen molar-refractivity contribution >= 4 is 12.4 Å². The molecule has 0 saturated carbocycles. The summed E-state index contributed by atoms with van der Waals surface area (Å²) in [6.07, 6.45) is 1.61. The first kappa shape index (κ1) is 15.0. The Morgan fingerprint density at radius 2 is 2.00 bits per heavy atom. The first-order chi connectivity index (χ1) is 6.99. The molecule has 0 radical (unpaired) electrons. The predicted molar refractivity (Wildman–Crippen MR) is 65.3 cm³/mol. The van der Waals surface area contributed by atoms with Gasteiger partial charge in [0.05, 0.1) is 18.3 Å². The van der Waals surface area contributed by atoms with Crippen LogP contribution in [0.1, 0.15) is 25.6 Å². The van der Waals surface area contributed by atoms with Crippen molar-refractivity contribution in [1.29, 1.82) is 0 Å². The summed E-state index contributed by atoms with van der Waals surface area (Å²) >= 11 is 0. The molecule has 0 amide bonds. The summed E-state index contributed by atoms with van der Waals surface area (Å²) in [5.41, 5.74) is 0.111. The first-order valence-corrected chi connectivity index (χ1v) is 5.00. The van der Waals surface area contributed by atoms with E-state index in [1.165, 1.54) is 6.07 Å². The van der Waals surface area contributed by atoms with Crippen LogP contribution in [0.3, 0.4) is 0 Å². The topological polar surface area (TPSA) is 62.5 Å². The van der Waals surface area contributed by atoms with Crippen molar-refractivity contribution in [3.8, 4) is 5.75 Å². The van der Waals surface area contributed by atoms with Crippen molar-refractivity contribution in [3.63, 3.8) is 0 Å². The van der Waals surface area contributed by atoms with Crippen LogP contribution in [-0.2, 0) is 0 Å². The van der Waals surface area contributed by atoms with Gasteiger partial charge in [0.15, 0.2) is 5.75 Å². The lowest BCUT2D eigenvalue weighted by Gasteiger charge is -2.24. The van der Waals surface area contributed by atoms with Crippen LogP contribution in [-0.4, -0.2) is 21.4 Å². The van der Waals surface area contributed by atoms with E-state index in [4.69, 9.17) is 0 Å². The molecule has 2 N–H and O–H groups in total. The van der Waals surface area contributed by atoms with E-state index < -0.39 is 0 Å². The molecule has 16 heavy (non-hydrogen) atoms. The molecule has 0 bridgehead atoms. The second-order valence-electron chi connectivity index (χ2n) is 4.02. The number of rotatable bonds is 3. The molecule has 5 heteroatoms. The maximum atomic E-state index is 11.1. The van der Waals surface area contributed by atoms with Crippen molar-refractivity contribution in [2.45, 2.75) is 26.8 Å². The summed E-state index contributed by atoms with van der Waals surface area (Å²) in [5.74, 6) is -0.00722. The summed E-state index contributed by atoms with van der Waals surface area (Å²) in [5, 5.41) is 18.8. The normalized spacial score (nSPS) is 12.3. The lowest BCUT2D eigenvalue weighted by molar-refractivity contribution is 0.189. The van der Waals surface area contributed by atoms with Gasteiger partial charge in [-0.05, 0) is 12.8 Å². The van der Waals surface area contributed by atoms with Crippen LogP contribution in [0.4, 0.5) is 0 Å². The van der Waals surface area contributed by atoms with Gasteiger partial charge < -0.3 is 14.8 Å². The predicted octanol–water partition coefficient (Wildman–Crippen LogP) is 1.47. The zero-order chi connectivity index (χ0) is 11.6. The van der Waals surface area contributed by atoms with Gasteiger partial charge >= 0.3 is 0 Å². The Kier molecular flexibility index (Phi) is 5.55. The van der Waals surface area contributed by atoms with Crippen LogP contribution in [0.15, 0.2) is 17.1 Å². The van der Waals surface area contributed by atoms with E-state index in [1.54, 1.807) is 17.7 Å². The number of hydrogen-bond donors (Lipinski definition) is 2. The van der Waals surface area contributed by atoms with Gasteiger partial charge in [-0.1, -0.05) is 13.8 Å². The molecule has 1 aromatic rings. The van der Waals surface area contributed by atoms with Crippen molar-refractivity contribution in [2.75, 3.05) is 6.61 Å². The highest BCUT2D eigenvalue weighted by molar-refractivity contribution is 5.85. The number of pyridine rings is 1. The van der Waals surface area contributed by atoms with Crippen LogP contribution in [0, 0.1) is 12.8 Å². The standard InChI is InChI=1S/C11H17NO3.ClH/c1-7(2)9(6-13)12-5-4-10(14)11(15)8(12)3;/h4-5,7,9,13,15H,6H2,1-3H3;1H/t9-;/m1./s1. The van der Waals surface area contributed by atoms with Gasteiger partial charge in [-0.3, -0.25) is 4.79 Å². The molecule has 0 unspecified atom stereocenters. The summed E-state index contributed by atoms with van der Waals surface area (Å²) < 4.78 is 1.74. The summed E-state index contributed by atoms with van der Waals surface area (Å²) in [6.45, 7) is 5.62. The molecule has 1 aromatic heterocycles. The third-order valence-electron chi connectivity index (χ3n) is 2.66. The van der Waals surface area contributed by atoms with E-state index in [2.05, 4.69) is 0 Å². The zero-order valence-corrected chi connectivity index (χ0v) is 10.5. The Morgan fingerprint density at radius 3 is 2.44 bits per heavy atom. The molecule has 4 nitrogen and oxygen atoms in total. The lowest BCUT2D eigenvalue weighted by Crippen LogP contribution is -2.22. The first-order valence-electron chi connectivity index (χ1n) is 5.00. The van der Waals surface area contributed by atoms with Gasteiger partial charge in [-0.2, -0.15) is 0 Å². The Hall–Kier alpha value is -1.00. The average Bonchev–Trinajstić information content (AvgIpc) is 2.18. The second kappa shape index (κ2) is 5.92. The van der Waals surface area contributed by atoms with Gasteiger partial charge in [0.25, 0.3) is 0 Å². The van der Waals surface area contributed by atoms with E-state index in [0.717, 1.165) is 0 Å². The van der Waals surface area contributed by atoms with Crippen LogP contribution in [0.25, 0.3) is 0 Å². The number of aromatic nitrogens is 1. The van der Waals surface area contributed by atoms with Gasteiger partial charge in [0, 0.05) is 12.3 Å². The summed E-state index contributed by atoms with van der Waals surface area (Å²) in [7, 11) is 0. The van der Waals surface area contributed by atoms with E-state index in [-0.39, 0.29) is 42.2 Å². The SMILES string of the molecule is Cc1c(O)c(=O)ccn1[C@H](CO)C(C)C.Cl. The van der Waals surface area contributed by atoms with Gasteiger partial charge in [-0.25, -0.2) is 0 Å². The molecule has 1 atom stereocenters. The number of halogens is 1. The fourth-order valence-corrected chi connectivity index (χ4v) is 1.62. The molecular formula is C11H18ClNO3. The lowest BCUT2D eigenvalue weighted by atomic mass is 10.0. The number of nitrogens with zero attached hydrogens (tertiary/aromatic N) is 1. The van der Waals surface area contributed by atoms with Gasteiger partial charge in [-0.15, -0.1) is 12.4 Å². The molecule has 0 fully saturated rings. The van der Waals surface area contributed by atoms with E-state index >= 15 is 0 Å². The minimum Gasteiger partial charge on any atom is -0.503 e. The number of aliphatic hydroxyl groups excluding tert-OH is 1. The third kappa shape index (κ3) is 2.77. The van der Waals surface area contributed by atoms with Gasteiger partial charge in [0.2, 0.25) is 5.43 Å². The van der Waals surface area contributed by atoms with Crippen LogP contribution in [0.5, 0.6) is 5.75 Å². The van der Waals surface area contributed by atoms with Crippen LogP contribution >= 0.6 is 12.4 Å². The Balaban J connectivity index is 0.00000225. The molecule has 1 rings (SSSR count). The molecule has 0 spiro atoms. The molecule has 0 aliphatic rings. The Labute approximate surface area is 101 Å². The average molecular weight is 248 g/mol. The molecular weight excluding hydrogens is 230 g/mol. The monoisotopic (exact) mass is 247 g/mol. The third-order valence-corrected chi connectivity index (χ3v) is 2.66. The maximum Gasteiger partial charge on any atom is 0.223 e. The highest BCUT2D eigenvalue weighted by Crippen LogP contribution is 2.21. The minimum absolute atomic E-state index is 0. The van der Waals surface area contributed by atoms with E-state index in [1.807, 2.05) is 13.8 Å². The van der Waals surface area contributed by atoms with Gasteiger partial charge in [0.1, 0.15) is 0 Å². The quantitative estimate of drug-likeness (QED) is 0.850. The highest BCUT2D eigenvalue weighted by Gasteiger charge is 2.17. The number of aliphatic hydroxyl groups is 1. The van der Waals surface area contributed by atoms with Crippen molar-refractivity contribution < 1.29 is 10.2 Å². The zero-order valence-electron chi connectivity index (χ0n) is 9.67. The molecule has 92 valence electrons. The smallest absolute Gasteiger partial charge is 0.223 e. The molecule has 1 heterocycles. The fourth-order valence-electron chi connectivity index (χ4n) is 1.62. The molecule has 0 saturated heterocycles. The largest absolute Gasteiger partial charge is 0.503 e. The summed E-state index contributed by atoms with van der Waals surface area (Å²) in [4.78, 5) is 11.1. The van der Waals surface area contributed by atoms with Crippen LogP contribution < -0.4 is 5.43 Å². The van der Waals surface area contributed by atoms with Crippen LogP contribution in [0.2, 0.25) is 0 Å². The molecule has 0 aliphatic carbocycles. The Bertz CT molecular complexity index is 401. The van der Waals surface area contributed by atoms with E-state index in [9.17, 15) is 15.0 Å². The number of aromatic hydroxyl groups is 1. The Morgan fingerprint density at radius 1 is 1.44 bits per heavy atom. The molecule has 0 aliphatic heterocycles. The van der Waals surface area contributed by atoms with Crippen molar-refractivity contribution in [3.05, 3.63) is 28.2 Å². The minimum atomic E-state index is -0.385. The fraction of sp³-hybridized carbons (Fsp3) is 0.545. The van der Waals surface area contributed by atoms with E-state index in [0.29, 0.717) is 5.69 Å². The van der Waals surface area contributed by atoms with Crippen molar-refractivity contribution in [1.82, 2.24) is 4.57 Å². The highest BCUT2D eigenvalue weighted by atomic mass is 35.5. The summed E-state index contributed by atoms with van der Waals surface area (Å²) in [6, 6.07) is 1.20. The van der Waals surface area contributed by atoms with Crippen molar-refractivity contribution in [2.24, 2.45) is 5.92 Å².